The highest BCUT2D eigenvalue weighted by atomic mass is 35.5. The third kappa shape index (κ3) is 4.42. The molecular formula is C20H27ClFN5O4S. The average Bonchev–Trinajstić information content (AvgIpc) is 3.03. The number of pyridine rings is 1. The number of halogens is 2. The van der Waals surface area contributed by atoms with Crippen molar-refractivity contribution in [3.05, 3.63) is 11.0 Å². The lowest BCUT2D eigenvalue weighted by Gasteiger charge is -2.43. The Morgan fingerprint density at radius 2 is 2.16 bits per heavy atom. The number of thioether (sulfide) groups is 1. The zero-order valence-corrected chi connectivity index (χ0v) is 20.1. The summed E-state index contributed by atoms with van der Waals surface area (Å²) in [6.45, 7) is 8.05. The van der Waals surface area contributed by atoms with Crippen molar-refractivity contribution in [3.8, 4) is 11.6 Å². The van der Waals surface area contributed by atoms with Gasteiger partial charge in [0.1, 0.15) is 11.7 Å². The number of nitrogens with one attached hydrogen (secondary N) is 2. The highest BCUT2D eigenvalue weighted by Crippen LogP contribution is 2.43. The summed E-state index contributed by atoms with van der Waals surface area (Å²) in [6, 6.07) is -0.217. The molecule has 0 radical (unpaired) electrons. The first-order valence-electron chi connectivity index (χ1n) is 10.4. The fourth-order valence-electron chi connectivity index (χ4n) is 4.27. The van der Waals surface area contributed by atoms with Crippen molar-refractivity contribution in [1.82, 2.24) is 20.7 Å². The largest absolute Gasteiger partial charge is 0.470 e. The second kappa shape index (κ2) is 8.75. The number of piperazine rings is 1. The molecule has 32 heavy (non-hydrogen) atoms. The van der Waals surface area contributed by atoms with E-state index in [0.29, 0.717) is 11.7 Å². The number of hydrogen-bond donors (Lipinski definition) is 2. The molecule has 4 heterocycles. The summed E-state index contributed by atoms with van der Waals surface area (Å²) in [5.74, 6) is -0.720. The predicted molar refractivity (Wildman–Crippen MR) is 120 cm³/mol. The molecule has 12 heteroatoms. The maximum Gasteiger partial charge on any atom is 0.410 e. The smallest absolute Gasteiger partial charge is 0.410 e. The molecule has 9 nitrogen and oxygen atoms in total. The van der Waals surface area contributed by atoms with E-state index in [1.807, 2.05) is 32.6 Å². The summed E-state index contributed by atoms with van der Waals surface area (Å²) in [5, 5.41) is 3.51. The Balaban J connectivity index is 1.56. The summed E-state index contributed by atoms with van der Waals surface area (Å²) in [5.41, 5.74) is 1.99. The summed E-state index contributed by atoms with van der Waals surface area (Å²) < 4.78 is 26.2. The van der Waals surface area contributed by atoms with Crippen molar-refractivity contribution in [2.24, 2.45) is 4.99 Å². The molecule has 2 bridgehead atoms. The van der Waals surface area contributed by atoms with Crippen LogP contribution in [-0.2, 0) is 4.74 Å². The van der Waals surface area contributed by atoms with Gasteiger partial charge in [0.2, 0.25) is 5.75 Å². The SMILES string of the molecule is CSC1=Nc2c(F)c(Cl)nc(O[C@@H](C)[C@H]3NC[C@H]4CC[C@@H]3N4C(=O)OC(C)(C)C)c2ON1. The number of nitrogens with zero attached hydrogens (tertiary/aromatic N) is 3. The van der Waals surface area contributed by atoms with Gasteiger partial charge in [0.25, 0.3) is 5.88 Å². The third-order valence-electron chi connectivity index (χ3n) is 5.60. The molecule has 2 N–H and O–H groups in total. The maximum absolute atomic E-state index is 14.5. The Hall–Kier alpha value is -1.98. The maximum atomic E-state index is 14.5. The zero-order valence-electron chi connectivity index (χ0n) is 18.6. The van der Waals surface area contributed by atoms with E-state index in [2.05, 4.69) is 20.8 Å². The van der Waals surface area contributed by atoms with Crippen LogP contribution in [0, 0.1) is 5.82 Å². The summed E-state index contributed by atoms with van der Waals surface area (Å²) in [6.07, 6.45) is 2.73. The molecular weight excluding hydrogens is 461 g/mol. The van der Waals surface area contributed by atoms with Gasteiger partial charge in [-0.15, -0.1) is 0 Å². The van der Waals surface area contributed by atoms with Crippen LogP contribution >= 0.6 is 23.4 Å². The van der Waals surface area contributed by atoms with Gasteiger partial charge in [-0.1, -0.05) is 23.4 Å². The molecule has 0 saturated carbocycles. The minimum Gasteiger partial charge on any atom is -0.470 e. The van der Waals surface area contributed by atoms with Gasteiger partial charge in [-0.3, -0.25) is 4.90 Å². The summed E-state index contributed by atoms with van der Waals surface area (Å²) in [4.78, 5) is 28.4. The lowest BCUT2D eigenvalue weighted by molar-refractivity contribution is -0.00535. The van der Waals surface area contributed by atoms with Crippen LogP contribution in [0.5, 0.6) is 11.6 Å². The molecule has 2 saturated heterocycles. The Kier molecular flexibility index (Phi) is 6.34. The molecule has 0 aliphatic carbocycles. The van der Waals surface area contributed by atoms with Crippen LogP contribution < -0.4 is 20.4 Å². The average molecular weight is 488 g/mol. The first-order valence-corrected chi connectivity index (χ1v) is 12.0. The summed E-state index contributed by atoms with van der Waals surface area (Å²) in [7, 11) is 0. The lowest BCUT2D eigenvalue weighted by Crippen LogP contribution is -2.64. The van der Waals surface area contributed by atoms with Crippen molar-refractivity contribution in [1.29, 1.82) is 0 Å². The van der Waals surface area contributed by atoms with E-state index >= 15 is 0 Å². The second-order valence-electron chi connectivity index (χ2n) is 8.97. The Morgan fingerprint density at radius 3 is 2.84 bits per heavy atom. The number of amidine groups is 1. The van der Waals surface area contributed by atoms with Crippen LogP contribution in [0.1, 0.15) is 40.5 Å². The molecule has 0 spiro atoms. The van der Waals surface area contributed by atoms with Crippen molar-refractivity contribution in [2.75, 3.05) is 12.8 Å². The number of aromatic nitrogens is 1. The number of ether oxygens (including phenoxy) is 2. The molecule has 0 aromatic carbocycles. The molecule has 1 aromatic rings. The van der Waals surface area contributed by atoms with Gasteiger partial charge >= 0.3 is 6.09 Å². The van der Waals surface area contributed by atoms with Gasteiger partial charge in [0, 0.05) is 12.6 Å². The van der Waals surface area contributed by atoms with Crippen LogP contribution in [0.2, 0.25) is 5.15 Å². The Labute approximate surface area is 195 Å². The van der Waals surface area contributed by atoms with Crippen LogP contribution in [-0.4, -0.2) is 63.8 Å². The molecule has 176 valence electrons. The van der Waals surface area contributed by atoms with Crippen molar-refractivity contribution in [3.63, 3.8) is 0 Å². The van der Waals surface area contributed by atoms with Gasteiger partial charge in [-0.2, -0.15) is 10.5 Å². The monoisotopic (exact) mass is 487 g/mol. The molecule has 3 aliphatic heterocycles. The lowest BCUT2D eigenvalue weighted by atomic mass is 10.0. The fourth-order valence-corrected chi connectivity index (χ4v) is 4.74. The normalized spacial score (nSPS) is 25.3. The van der Waals surface area contributed by atoms with Crippen molar-refractivity contribution < 1.29 is 23.5 Å². The van der Waals surface area contributed by atoms with Gasteiger partial charge < -0.3 is 19.6 Å². The minimum absolute atomic E-state index is 0.0284. The number of amides is 1. The van der Waals surface area contributed by atoms with Gasteiger partial charge in [0.05, 0.1) is 12.1 Å². The quantitative estimate of drug-likeness (QED) is 0.624. The fraction of sp³-hybridized carbons (Fsp3) is 0.650. The zero-order chi connectivity index (χ0) is 23.2. The first-order chi connectivity index (χ1) is 15.1. The van der Waals surface area contributed by atoms with Gasteiger partial charge in [-0.25, -0.2) is 14.2 Å². The Morgan fingerprint density at radius 1 is 1.41 bits per heavy atom. The molecule has 1 aromatic heterocycles. The second-order valence-corrected chi connectivity index (χ2v) is 10.1. The molecule has 0 unspecified atom stereocenters. The van der Waals surface area contributed by atoms with Gasteiger partial charge in [-0.05, 0) is 46.8 Å². The van der Waals surface area contributed by atoms with Gasteiger partial charge in [0.15, 0.2) is 21.8 Å². The highest BCUT2D eigenvalue weighted by molar-refractivity contribution is 8.13. The molecule has 1 amide bonds. The van der Waals surface area contributed by atoms with E-state index in [4.69, 9.17) is 25.9 Å². The van der Waals surface area contributed by atoms with Crippen molar-refractivity contribution >= 4 is 40.3 Å². The number of carbonyl (C=O) groups excluding carboxylic acids is 1. The van der Waals surface area contributed by atoms with E-state index in [1.165, 1.54) is 11.8 Å². The third-order valence-corrected chi connectivity index (χ3v) is 6.41. The number of aliphatic imine (C=N–C) groups is 1. The number of hydroxylamine groups is 1. The van der Waals surface area contributed by atoms with Crippen molar-refractivity contribution in [2.45, 2.75) is 70.4 Å². The predicted octanol–water partition coefficient (Wildman–Crippen LogP) is 3.63. The summed E-state index contributed by atoms with van der Waals surface area (Å²) >= 11 is 7.26. The van der Waals surface area contributed by atoms with E-state index in [9.17, 15) is 9.18 Å². The Bertz CT molecular complexity index is 944. The standard InChI is InChI=1S/C20H27ClFN5O4S/c1-9(13-11-7-6-10(8-23-13)27(11)19(28)30-20(2,3)4)29-17-15-14(12(22)16(21)25-17)24-18(32-5)26-31-15/h9-11,13,23H,6-8H2,1-5H3,(H,24,26)/t9-,10+,11-,13+/m0/s1. The van der Waals surface area contributed by atoms with E-state index in [-0.39, 0.29) is 46.7 Å². The number of carbonyl (C=O) groups is 1. The number of fused-ring (bicyclic) bond motifs is 3. The van der Waals surface area contributed by atoms with Crippen LogP contribution in [0.15, 0.2) is 4.99 Å². The topological polar surface area (TPSA) is 97.3 Å². The first kappa shape index (κ1) is 23.2. The van der Waals surface area contributed by atoms with Crippen LogP contribution in [0.3, 0.4) is 0 Å². The number of rotatable bonds is 3. The van der Waals surface area contributed by atoms with Crippen LogP contribution in [0.4, 0.5) is 14.9 Å². The molecule has 3 aliphatic rings. The van der Waals surface area contributed by atoms with E-state index < -0.39 is 17.5 Å². The molecule has 4 rings (SSSR count). The molecule has 4 atom stereocenters. The van der Waals surface area contributed by atoms with Crippen LogP contribution in [0.25, 0.3) is 0 Å². The van der Waals surface area contributed by atoms with E-state index in [0.717, 1.165) is 12.8 Å². The molecule has 2 fully saturated rings. The highest BCUT2D eigenvalue weighted by Gasteiger charge is 2.48. The number of hydrogen-bond acceptors (Lipinski definition) is 9. The van der Waals surface area contributed by atoms with E-state index in [1.54, 1.807) is 6.26 Å². The minimum atomic E-state index is -0.778.